The molecule has 0 aliphatic carbocycles. The molecule has 1 aliphatic heterocycles. The Bertz CT molecular complexity index is 534. The molecule has 0 saturated heterocycles. The molecule has 19 heavy (non-hydrogen) atoms. The van der Waals surface area contributed by atoms with Crippen molar-refractivity contribution in [2.75, 3.05) is 12.4 Å². The topological polar surface area (TPSA) is 55.4 Å². The van der Waals surface area contributed by atoms with Gasteiger partial charge >= 0.3 is 0 Å². The van der Waals surface area contributed by atoms with Crippen molar-refractivity contribution >= 4 is 9.84 Å². The van der Waals surface area contributed by atoms with E-state index in [1.807, 2.05) is 24.3 Å². The van der Waals surface area contributed by atoms with Crippen LogP contribution in [0.1, 0.15) is 18.9 Å². The SMILES string of the molecule is CCCOc1ccc(CNC2C=CS(=O)(=O)C2)cc1. The summed E-state index contributed by atoms with van der Waals surface area (Å²) in [6.07, 6.45) is 2.69. The Balaban J connectivity index is 1.82. The van der Waals surface area contributed by atoms with Crippen LogP contribution in [0, 0.1) is 0 Å². The van der Waals surface area contributed by atoms with E-state index in [4.69, 9.17) is 4.74 Å². The smallest absolute Gasteiger partial charge is 0.173 e. The molecule has 1 N–H and O–H groups in total. The van der Waals surface area contributed by atoms with E-state index in [9.17, 15) is 8.42 Å². The van der Waals surface area contributed by atoms with Gasteiger partial charge in [0, 0.05) is 18.0 Å². The Morgan fingerprint density at radius 2 is 2.05 bits per heavy atom. The molecule has 4 nitrogen and oxygen atoms in total. The second-order valence-corrected chi connectivity index (χ2v) is 6.57. The third-order valence-electron chi connectivity index (χ3n) is 2.89. The Hall–Kier alpha value is -1.33. The molecule has 1 aromatic carbocycles. The fraction of sp³-hybridized carbons (Fsp3) is 0.429. The number of rotatable bonds is 6. The van der Waals surface area contributed by atoms with Crippen LogP contribution in [0.15, 0.2) is 35.7 Å². The lowest BCUT2D eigenvalue weighted by Gasteiger charge is -2.10. The van der Waals surface area contributed by atoms with Gasteiger partial charge < -0.3 is 10.1 Å². The maximum absolute atomic E-state index is 11.3. The van der Waals surface area contributed by atoms with Crippen LogP contribution >= 0.6 is 0 Å². The predicted octanol–water partition coefficient (Wildman–Crippen LogP) is 1.88. The second-order valence-electron chi connectivity index (χ2n) is 4.64. The predicted molar refractivity (Wildman–Crippen MR) is 75.8 cm³/mol. The molecule has 1 aliphatic rings. The molecule has 0 radical (unpaired) electrons. The van der Waals surface area contributed by atoms with Gasteiger partial charge in [-0.2, -0.15) is 0 Å². The molecule has 0 aromatic heterocycles. The fourth-order valence-corrected chi connectivity index (χ4v) is 3.15. The highest BCUT2D eigenvalue weighted by Gasteiger charge is 2.20. The molecule has 2 rings (SSSR count). The number of hydrogen-bond donors (Lipinski definition) is 1. The molecule has 1 aromatic rings. The minimum atomic E-state index is -2.98. The lowest BCUT2D eigenvalue weighted by atomic mass is 10.2. The molecule has 1 atom stereocenters. The van der Waals surface area contributed by atoms with Crippen LogP contribution in [0.5, 0.6) is 5.75 Å². The summed E-state index contributed by atoms with van der Waals surface area (Å²) >= 11 is 0. The van der Waals surface area contributed by atoms with E-state index in [0.29, 0.717) is 6.54 Å². The molecular weight excluding hydrogens is 262 g/mol. The minimum absolute atomic E-state index is 0.0824. The molecular formula is C14H19NO3S. The third kappa shape index (κ3) is 4.36. The van der Waals surface area contributed by atoms with Crippen LogP contribution in [-0.4, -0.2) is 26.8 Å². The van der Waals surface area contributed by atoms with Crippen molar-refractivity contribution in [3.05, 3.63) is 41.3 Å². The summed E-state index contributed by atoms with van der Waals surface area (Å²) in [7, 11) is -2.98. The van der Waals surface area contributed by atoms with Gasteiger partial charge in [-0.05, 0) is 24.1 Å². The summed E-state index contributed by atoms with van der Waals surface area (Å²) in [4.78, 5) is 0. The van der Waals surface area contributed by atoms with Crippen molar-refractivity contribution in [3.8, 4) is 5.75 Å². The highest BCUT2D eigenvalue weighted by atomic mass is 32.2. The lowest BCUT2D eigenvalue weighted by Crippen LogP contribution is -2.29. The van der Waals surface area contributed by atoms with Crippen molar-refractivity contribution in [2.45, 2.75) is 25.9 Å². The maximum atomic E-state index is 11.3. The first-order valence-electron chi connectivity index (χ1n) is 6.45. The number of nitrogens with one attached hydrogen (secondary N) is 1. The molecule has 1 heterocycles. The quantitative estimate of drug-likeness (QED) is 0.865. The first-order valence-corrected chi connectivity index (χ1v) is 8.17. The summed E-state index contributed by atoms with van der Waals surface area (Å²) in [5, 5.41) is 4.49. The summed E-state index contributed by atoms with van der Waals surface area (Å²) in [6.45, 7) is 3.45. The van der Waals surface area contributed by atoms with Crippen LogP contribution < -0.4 is 10.1 Å². The Labute approximate surface area is 114 Å². The molecule has 0 bridgehead atoms. The van der Waals surface area contributed by atoms with Gasteiger partial charge in [0.15, 0.2) is 9.84 Å². The van der Waals surface area contributed by atoms with Gasteiger partial charge in [-0.1, -0.05) is 25.1 Å². The molecule has 5 heteroatoms. The highest BCUT2D eigenvalue weighted by molar-refractivity contribution is 7.94. The molecule has 0 saturated carbocycles. The molecule has 104 valence electrons. The third-order valence-corrected chi connectivity index (χ3v) is 4.29. The van der Waals surface area contributed by atoms with Crippen LogP contribution in [0.4, 0.5) is 0 Å². The zero-order valence-electron chi connectivity index (χ0n) is 11.0. The van der Waals surface area contributed by atoms with Crippen molar-refractivity contribution < 1.29 is 13.2 Å². The lowest BCUT2D eigenvalue weighted by molar-refractivity contribution is 0.317. The van der Waals surface area contributed by atoms with Crippen LogP contribution in [0.3, 0.4) is 0 Å². The van der Waals surface area contributed by atoms with Gasteiger partial charge in [0.05, 0.1) is 12.4 Å². The van der Waals surface area contributed by atoms with Crippen molar-refractivity contribution in [1.82, 2.24) is 5.32 Å². The highest BCUT2D eigenvalue weighted by Crippen LogP contribution is 2.13. The molecule has 0 amide bonds. The average Bonchev–Trinajstić information content (AvgIpc) is 2.75. The molecule has 1 unspecified atom stereocenters. The zero-order valence-corrected chi connectivity index (χ0v) is 11.8. The summed E-state index contributed by atoms with van der Waals surface area (Å²) < 4.78 is 28.0. The van der Waals surface area contributed by atoms with E-state index in [1.165, 1.54) is 5.41 Å². The van der Waals surface area contributed by atoms with E-state index in [1.54, 1.807) is 6.08 Å². The number of ether oxygens (including phenoxy) is 1. The summed E-state index contributed by atoms with van der Waals surface area (Å²) in [6, 6.07) is 7.78. The second kappa shape index (κ2) is 6.21. The number of sulfone groups is 1. The first kappa shape index (κ1) is 14.1. The monoisotopic (exact) mass is 281 g/mol. The van der Waals surface area contributed by atoms with Gasteiger partial charge in [0.25, 0.3) is 0 Å². The van der Waals surface area contributed by atoms with Crippen LogP contribution in [0.2, 0.25) is 0 Å². The van der Waals surface area contributed by atoms with E-state index in [-0.39, 0.29) is 11.8 Å². The average molecular weight is 281 g/mol. The standard InChI is InChI=1S/C14H19NO3S/c1-2-8-18-14-5-3-12(4-6-14)10-15-13-7-9-19(16,17)11-13/h3-7,9,13,15H,2,8,10-11H2,1H3. The summed E-state index contributed by atoms with van der Waals surface area (Å²) in [5.41, 5.74) is 1.11. The summed E-state index contributed by atoms with van der Waals surface area (Å²) in [5.74, 6) is 1.03. The van der Waals surface area contributed by atoms with Crippen LogP contribution in [-0.2, 0) is 16.4 Å². The first-order chi connectivity index (χ1) is 9.09. The normalized spacial score (nSPS) is 20.6. The Morgan fingerprint density at radius 1 is 1.32 bits per heavy atom. The van der Waals surface area contributed by atoms with E-state index in [0.717, 1.165) is 24.3 Å². The maximum Gasteiger partial charge on any atom is 0.173 e. The van der Waals surface area contributed by atoms with Gasteiger partial charge in [-0.25, -0.2) is 8.42 Å². The molecule has 0 fully saturated rings. The van der Waals surface area contributed by atoms with Gasteiger partial charge in [0.1, 0.15) is 5.75 Å². The van der Waals surface area contributed by atoms with E-state index < -0.39 is 9.84 Å². The molecule has 0 spiro atoms. The van der Waals surface area contributed by atoms with Gasteiger partial charge in [0.2, 0.25) is 0 Å². The Morgan fingerprint density at radius 3 is 2.63 bits per heavy atom. The number of hydrogen-bond acceptors (Lipinski definition) is 4. The van der Waals surface area contributed by atoms with E-state index in [2.05, 4.69) is 12.2 Å². The Kier molecular flexibility index (Phi) is 4.61. The zero-order chi connectivity index (χ0) is 13.7. The largest absolute Gasteiger partial charge is 0.494 e. The van der Waals surface area contributed by atoms with Crippen molar-refractivity contribution in [1.29, 1.82) is 0 Å². The fourth-order valence-electron chi connectivity index (χ4n) is 1.88. The van der Waals surface area contributed by atoms with Crippen molar-refractivity contribution in [2.24, 2.45) is 0 Å². The van der Waals surface area contributed by atoms with Crippen molar-refractivity contribution in [3.63, 3.8) is 0 Å². The number of benzene rings is 1. The van der Waals surface area contributed by atoms with Crippen LogP contribution in [0.25, 0.3) is 0 Å². The minimum Gasteiger partial charge on any atom is -0.494 e. The van der Waals surface area contributed by atoms with E-state index >= 15 is 0 Å². The van der Waals surface area contributed by atoms with Gasteiger partial charge in [-0.15, -0.1) is 0 Å². The van der Waals surface area contributed by atoms with Gasteiger partial charge in [-0.3, -0.25) is 0 Å².